The Labute approximate surface area is 149 Å². The molecule has 6 nitrogen and oxygen atoms in total. The maximum Gasteiger partial charge on any atom is 0.328 e. The van der Waals surface area contributed by atoms with Crippen molar-refractivity contribution in [3.8, 4) is 0 Å². The molecule has 1 aromatic heterocycles. The summed E-state index contributed by atoms with van der Waals surface area (Å²) in [5, 5.41) is 2.68. The van der Waals surface area contributed by atoms with Crippen molar-refractivity contribution in [1.29, 1.82) is 0 Å². The average molecular weight is 350 g/mol. The van der Waals surface area contributed by atoms with Gasteiger partial charge in [0.05, 0.1) is 7.11 Å². The molecule has 0 radical (unpaired) electrons. The fraction of sp³-hybridized carbons (Fsp3) is 0.632. The van der Waals surface area contributed by atoms with E-state index in [-0.39, 0.29) is 17.0 Å². The first-order chi connectivity index (χ1) is 11.8. The molecule has 0 aliphatic carbocycles. The lowest BCUT2D eigenvalue weighted by Crippen LogP contribution is -2.47. The van der Waals surface area contributed by atoms with Crippen LogP contribution in [0.3, 0.4) is 0 Å². The van der Waals surface area contributed by atoms with E-state index in [0.29, 0.717) is 13.0 Å². The monoisotopic (exact) mass is 350 g/mol. The number of rotatable bonds is 8. The molecule has 0 aliphatic rings. The van der Waals surface area contributed by atoms with Crippen molar-refractivity contribution in [2.75, 3.05) is 7.11 Å². The molecule has 1 N–H and O–H groups in total. The van der Waals surface area contributed by atoms with Gasteiger partial charge in [0.1, 0.15) is 11.6 Å². The predicted molar refractivity (Wildman–Crippen MR) is 97.8 cm³/mol. The molecule has 1 aromatic rings. The van der Waals surface area contributed by atoms with Gasteiger partial charge in [0.25, 0.3) is 11.5 Å². The fourth-order valence-electron chi connectivity index (χ4n) is 2.66. The quantitative estimate of drug-likeness (QED) is 0.731. The third-order valence-corrected chi connectivity index (χ3v) is 4.75. The van der Waals surface area contributed by atoms with E-state index in [1.54, 1.807) is 10.6 Å². The SMILES string of the molecule is CCCCn1c(C)c(C)cc(C(=O)NC(C(=O)OC)C(C)CC)c1=O. The highest BCUT2D eigenvalue weighted by molar-refractivity contribution is 5.96. The van der Waals surface area contributed by atoms with Crippen LogP contribution < -0.4 is 10.9 Å². The largest absolute Gasteiger partial charge is 0.467 e. The van der Waals surface area contributed by atoms with E-state index < -0.39 is 17.9 Å². The lowest BCUT2D eigenvalue weighted by molar-refractivity contribution is -0.144. The molecule has 0 fully saturated rings. The van der Waals surface area contributed by atoms with Gasteiger partial charge in [-0.3, -0.25) is 9.59 Å². The number of carbonyl (C=O) groups is 2. The Bertz CT molecular complexity index is 679. The lowest BCUT2D eigenvalue weighted by atomic mass is 9.98. The van der Waals surface area contributed by atoms with Crippen LogP contribution in [0, 0.1) is 19.8 Å². The molecule has 0 saturated heterocycles. The van der Waals surface area contributed by atoms with Crippen molar-refractivity contribution in [2.24, 2.45) is 5.92 Å². The van der Waals surface area contributed by atoms with Crippen LogP contribution in [-0.2, 0) is 16.1 Å². The molecule has 0 spiro atoms. The van der Waals surface area contributed by atoms with E-state index in [1.807, 2.05) is 27.7 Å². The van der Waals surface area contributed by atoms with Crippen molar-refractivity contribution >= 4 is 11.9 Å². The zero-order valence-electron chi connectivity index (χ0n) is 16.1. The zero-order valence-corrected chi connectivity index (χ0v) is 16.1. The number of carbonyl (C=O) groups excluding carboxylic acids is 2. The first-order valence-corrected chi connectivity index (χ1v) is 8.88. The van der Waals surface area contributed by atoms with E-state index in [1.165, 1.54) is 7.11 Å². The van der Waals surface area contributed by atoms with Crippen LogP contribution in [0.4, 0.5) is 0 Å². The van der Waals surface area contributed by atoms with Gasteiger partial charge in [-0.25, -0.2) is 4.79 Å². The number of aromatic nitrogens is 1. The number of esters is 1. The number of nitrogens with one attached hydrogen (secondary N) is 1. The highest BCUT2D eigenvalue weighted by Crippen LogP contribution is 2.12. The molecule has 0 aliphatic heterocycles. The number of pyridine rings is 1. The summed E-state index contributed by atoms with van der Waals surface area (Å²) in [7, 11) is 1.29. The first kappa shape index (κ1) is 20.9. The number of aryl methyl sites for hydroxylation is 1. The van der Waals surface area contributed by atoms with Gasteiger partial charge in [-0.1, -0.05) is 33.6 Å². The Morgan fingerprint density at radius 2 is 1.92 bits per heavy atom. The predicted octanol–water partition coefficient (Wildman–Crippen LogP) is 2.58. The van der Waals surface area contributed by atoms with Gasteiger partial charge in [-0.05, 0) is 37.8 Å². The summed E-state index contributed by atoms with van der Waals surface area (Å²) < 4.78 is 6.43. The highest BCUT2D eigenvalue weighted by atomic mass is 16.5. The standard InChI is InChI=1S/C19H30N2O4/c1-7-9-10-21-14(5)13(4)11-15(18(21)23)17(22)20-16(12(3)8-2)19(24)25-6/h11-12,16H,7-10H2,1-6H3,(H,20,22). The van der Waals surface area contributed by atoms with Crippen molar-refractivity contribution < 1.29 is 14.3 Å². The van der Waals surface area contributed by atoms with E-state index >= 15 is 0 Å². The Balaban J connectivity index is 3.22. The molecule has 0 bridgehead atoms. The highest BCUT2D eigenvalue weighted by Gasteiger charge is 2.28. The van der Waals surface area contributed by atoms with Gasteiger partial charge in [0, 0.05) is 12.2 Å². The summed E-state index contributed by atoms with van der Waals surface area (Å²) in [4.78, 5) is 37.4. The molecule has 25 heavy (non-hydrogen) atoms. The normalized spacial score (nSPS) is 13.2. The number of unbranched alkanes of at least 4 members (excludes halogenated alkanes) is 1. The second kappa shape index (κ2) is 9.39. The van der Waals surface area contributed by atoms with E-state index in [4.69, 9.17) is 4.74 Å². The van der Waals surface area contributed by atoms with Crippen LogP contribution in [0.15, 0.2) is 10.9 Å². The van der Waals surface area contributed by atoms with E-state index in [0.717, 1.165) is 24.1 Å². The van der Waals surface area contributed by atoms with Crippen molar-refractivity contribution in [1.82, 2.24) is 9.88 Å². The topological polar surface area (TPSA) is 77.4 Å². The Morgan fingerprint density at radius 3 is 2.44 bits per heavy atom. The maximum absolute atomic E-state index is 12.7. The summed E-state index contributed by atoms with van der Waals surface area (Å²) in [5.41, 5.74) is 1.48. The first-order valence-electron chi connectivity index (χ1n) is 8.88. The molecular weight excluding hydrogens is 320 g/mol. The average Bonchev–Trinajstić information content (AvgIpc) is 2.61. The zero-order chi connectivity index (χ0) is 19.1. The van der Waals surface area contributed by atoms with Gasteiger partial charge < -0.3 is 14.6 Å². The number of amides is 1. The van der Waals surface area contributed by atoms with Crippen LogP contribution in [0.1, 0.15) is 61.6 Å². The minimum absolute atomic E-state index is 0.0661. The van der Waals surface area contributed by atoms with E-state index in [9.17, 15) is 14.4 Å². The number of hydrogen-bond acceptors (Lipinski definition) is 4. The number of hydrogen-bond donors (Lipinski definition) is 1. The molecule has 1 rings (SSSR count). The van der Waals surface area contributed by atoms with Crippen molar-refractivity contribution in [2.45, 2.75) is 66.5 Å². The summed E-state index contributed by atoms with van der Waals surface area (Å²) >= 11 is 0. The molecule has 0 saturated carbocycles. The molecule has 140 valence electrons. The molecular formula is C19H30N2O4. The van der Waals surface area contributed by atoms with Crippen LogP contribution in [0.2, 0.25) is 0 Å². The second-order valence-electron chi connectivity index (χ2n) is 6.50. The maximum atomic E-state index is 12.7. The molecule has 6 heteroatoms. The smallest absolute Gasteiger partial charge is 0.328 e. The second-order valence-corrected chi connectivity index (χ2v) is 6.50. The van der Waals surface area contributed by atoms with E-state index in [2.05, 4.69) is 12.2 Å². The lowest BCUT2D eigenvalue weighted by Gasteiger charge is -2.22. The molecule has 2 unspecified atom stereocenters. The molecule has 2 atom stereocenters. The van der Waals surface area contributed by atoms with Gasteiger partial charge in [-0.15, -0.1) is 0 Å². The third-order valence-electron chi connectivity index (χ3n) is 4.75. The fourth-order valence-corrected chi connectivity index (χ4v) is 2.66. The molecule has 1 heterocycles. The van der Waals surface area contributed by atoms with Gasteiger partial charge in [0.15, 0.2) is 0 Å². The van der Waals surface area contributed by atoms with Crippen LogP contribution >= 0.6 is 0 Å². The minimum Gasteiger partial charge on any atom is -0.467 e. The number of nitrogens with zero attached hydrogens (tertiary/aromatic N) is 1. The van der Waals surface area contributed by atoms with Gasteiger partial charge in [0.2, 0.25) is 0 Å². The summed E-state index contributed by atoms with van der Waals surface area (Å²) in [6, 6.07) is 0.827. The van der Waals surface area contributed by atoms with Crippen molar-refractivity contribution in [3.63, 3.8) is 0 Å². The molecule has 1 amide bonds. The van der Waals surface area contributed by atoms with Gasteiger partial charge >= 0.3 is 5.97 Å². The van der Waals surface area contributed by atoms with Crippen molar-refractivity contribution in [3.05, 3.63) is 33.2 Å². The summed E-state index contributed by atoms with van der Waals surface area (Å²) in [5.74, 6) is -1.13. The third kappa shape index (κ3) is 4.94. The van der Waals surface area contributed by atoms with Gasteiger partial charge in [-0.2, -0.15) is 0 Å². The Kier molecular flexibility index (Phi) is 7.87. The number of methoxy groups -OCH3 is 1. The van der Waals surface area contributed by atoms with Crippen LogP contribution in [-0.4, -0.2) is 29.6 Å². The van der Waals surface area contributed by atoms with Crippen LogP contribution in [0.5, 0.6) is 0 Å². The summed E-state index contributed by atoms with van der Waals surface area (Å²) in [6.45, 7) is 10.2. The Hall–Kier alpha value is -2.11. The summed E-state index contributed by atoms with van der Waals surface area (Å²) in [6.07, 6.45) is 2.52. The molecule has 0 aromatic carbocycles. The minimum atomic E-state index is -0.771. The Morgan fingerprint density at radius 1 is 1.28 bits per heavy atom. The number of ether oxygens (including phenoxy) is 1. The van der Waals surface area contributed by atoms with Crippen LogP contribution in [0.25, 0.3) is 0 Å².